The molecule has 0 radical (unpaired) electrons. The number of rotatable bonds is 0. The monoisotopic (exact) mass is 216 g/mol. The first-order valence-electron chi connectivity index (χ1n) is 6.77. The molecule has 1 unspecified atom stereocenters. The molecule has 2 fully saturated rings. The van der Waals surface area contributed by atoms with Gasteiger partial charge in [0, 0.05) is 5.92 Å². The molecule has 0 aliphatic heterocycles. The molecule has 0 N–H and O–H groups in total. The number of ketones is 1. The van der Waals surface area contributed by atoms with Gasteiger partial charge in [-0.1, -0.05) is 31.1 Å². The van der Waals surface area contributed by atoms with E-state index in [0.717, 1.165) is 12.8 Å². The first kappa shape index (κ1) is 10.3. The van der Waals surface area contributed by atoms with Crippen LogP contribution in [0.3, 0.4) is 0 Å². The van der Waals surface area contributed by atoms with E-state index in [1.807, 2.05) is 0 Å². The van der Waals surface area contributed by atoms with Crippen LogP contribution < -0.4 is 0 Å². The van der Waals surface area contributed by atoms with Crippen LogP contribution in [-0.2, 0) is 4.79 Å². The molecule has 0 saturated heterocycles. The SMILES string of the molecule is O=C1/C2=C/C/C=C\CCC2[C@@H]2CCCC[C@@H]12. The zero-order chi connectivity index (χ0) is 11.0. The molecular formula is C15H20O. The Morgan fingerprint density at radius 3 is 2.81 bits per heavy atom. The number of hydrogen-bond acceptors (Lipinski definition) is 1. The minimum Gasteiger partial charge on any atom is -0.294 e. The van der Waals surface area contributed by atoms with Crippen molar-refractivity contribution in [2.75, 3.05) is 0 Å². The number of carbonyl (C=O) groups excluding carboxylic acids is 1. The van der Waals surface area contributed by atoms with Crippen molar-refractivity contribution in [2.45, 2.75) is 44.9 Å². The second kappa shape index (κ2) is 4.20. The maximum absolute atomic E-state index is 12.3. The van der Waals surface area contributed by atoms with Gasteiger partial charge in [0.25, 0.3) is 0 Å². The molecule has 0 bridgehead atoms. The Labute approximate surface area is 97.6 Å². The zero-order valence-electron chi connectivity index (χ0n) is 9.82. The lowest BCUT2D eigenvalue weighted by molar-refractivity contribution is -0.119. The Bertz CT molecular complexity index is 350. The molecule has 2 saturated carbocycles. The van der Waals surface area contributed by atoms with Crippen molar-refractivity contribution in [1.29, 1.82) is 0 Å². The van der Waals surface area contributed by atoms with E-state index in [4.69, 9.17) is 0 Å². The van der Waals surface area contributed by atoms with Gasteiger partial charge in [-0.25, -0.2) is 0 Å². The van der Waals surface area contributed by atoms with Crippen LogP contribution in [0.15, 0.2) is 23.8 Å². The van der Waals surface area contributed by atoms with Crippen molar-refractivity contribution in [2.24, 2.45) is 17.8 Å². The van der Waals surface area contributed by atoms with Gasteiger partial charge in [-0.15, -0.1) is 0 Å². The van der Waals surface area contributed by atoms with Gasteiger partial charge in [0.05, 0.1) is 0 Å². The van der Waals surface area contributed by atoms with E-state index in [-0.39, 0.29) is 0 Å². The molecule has 1 heteroatoms. The van der Waals surface area contributed by atoms with Crippen LogP contribution in [0.4, 0.5) is 0 Å². The third-order valence-electron chi connectivity index (χ3n) is 4.64. The topological polar surface area (TPSA) is 17.1 Å². The summed E-state index contributed by atoms with van der Waals surface area (Å²) in [5.41, 5.74) is 1.20. The van der Waals surface area contributed by atoms with Crippen molar-refractivity contribution >= 4 is 5.78 Å². The summed E-state index contributed by atoms with van der Waals surface area (Å²) in [6.07, 6.45) is 15.1. The van der Waals surface area contributed by atoms with Crippen molar-refractivity contribution in [3.05, 3.63) is 23.8 Å². The van der Waals surface area contributed by atoms with Gasteiger partial charge in [0.1, 0.15) is 0 Å². The quantitative estimate of drug-likeness (QED) is 0.565. The maximum atomic E-state index is 12.3. The molecule has 1 nitrogen and oxygen atoms in total. The van der Waals surface area contributed by atoms with Crippen LogP contribution in [0.25, 0.3) is 0 Å². The van der Waals surface area contributed by atoms with E-state index in [2.05, 4.69) is 18.2 Å². The average Bonchev–Trinajstić information content (AvgIpc) is 2.52. The first-order chi connectivity index (χ1) is 7.88. The average molecular weight is 216 g/mol. The molecule has 0 aromatic rings. The molecule has 16 heavy (non-hydrogen) atoms. The largest absolute Gasteiger partial charge is 0.294 e. The predicted molar refractivity (Wildman–Crippen MR) is 65.0 cm³/mol. The lowest BCUT2D eigenvalue weighted by Gasteiger charge is -2.27. The smallest absolute Gasteiger partial charge is 0.162 e. The van der Waals surface area contributed by atoms with E-state index in [1.54, 1.807) is 0 Å². The van der Waals surface area contributed by atoms with Crippen molar-refractivity contribution in [3.63, 3.8) is 0 Å². The predicted octanol–water partition coefficient (Wildman–Crippen LogP) is 3.66. The van der Waals surface area contributed by atoms with E-state index in [1.165, 1.54) is 37.7 Å². The minimum absolute atomic E-state index is 0.392. The molecule has 0 amide bonds. The summed E-state index contributed by atoms with van der Waals surface area (Å²) < 4.78 is 0. The second-order valence-corrected chi connectivity index (χ2v) is 5.47. The fourth-order valence-corrected chi connectivity index (χ4v) is 3.90. The van der Waals surface area contributed by atoms with Gasteiger partial charge in [-0.3, -0.25) is 4.79 Å². The van der Waals surface area contributed by atoms with Crippen LogP contribution in [0, 0.1) is 17.8 Å². The second-order valence-electron chi connectivity index (χ2n) is 5.47. The molecule has 3 aliphatic carbocycles. The number of hydrogen-bond donors (Lipinski definition) is 0. The van der Waals surface area contributed by atoms with Gasteiger partial charge >= 0.3 is 0 Å². The van der Waals surface area contributed by atoms with Crippen LogP contribution in [-0.4, -0.2) is 5.78 Å². The molecule has 3 aliphatic rings. The standard InChI is InChI=1S/C15H20O/c16-15-13-9-4-2-1-3-7-11(13)12-8-5-6-10-14(12)15/h1-2,9,11-12,14H,3-8,10H2/b2-1-,13-9+/t11?,12-,14+/m0/s1. The fourth-order valence-electron chi connectivity index (χ4n) is 3.90. The van der Waals surface area contributed by atoms with Crippen molar-refractivity contribution in [1.82, 2.24) is 0 Å². The van der Waals surface area contributed by atoms with Gasteiger partial charge < -0.3 is 0 Å². The normalized spacial score (nSPS) is 43.6. The summed E-state index contributed by atoms with van der Waals surface area (Å²) in [4.78, 5) is 12.3. The summed E-state index contributed by atoms with van der Waals surface area (Å²) >= 11 is 0. The van der Waals surface area contributed by atoms with Gasteiger partial charge in [-0.2, -0.15) is 0 Å². The first-order valence-corrected chi connectivity index (χ1v) is 6.77. The van der Waals surface area contributed by atoms with Crippen LogP contribution >= 0.6 is 0 Å². The molecule has 0 heterocycles. The highest BCUT2D eigenvalue weighted by molar-refractivity contribution is 6.00. The van der Waals surface area contributed by atoms with E-state index in [9.17, 15) is 4.79 Å². The lowest BCUT2D eigenvalue weighted by Crippen LogP contribution is -2.21. The fraction of sp³-hybridized carbons (Fsp3) is 0.667. The third kappa shape index (κ3) is 1.57. The van der Waals surface area contributed by atoms with Crippen molar-refractivity contribution < 1.29 is 4.79 Å². The Morgan fingerprint density at radius 2 is 1.88 bits per heavy atom. The van der Waals surface area contributed by atoms with E-state index < -0.39 is 0 Å². The van der Waals surface area contributed by atoms with Crippen LogP contribution in [0.1, 0.15) is 44.9 Å². The molecule has 3 rings (SSSR count). The minimum atomic E-state index is 0.392. The van der Waals surface area contributed by atoms with Crippen LogP contribution in [0.5, 0.6) is 0 Å². The summed E-state index contributed by atoms with van der Waals surface area (Å²) in [5.74, 6) is 2.19. The summed E-state index contributed by atoms with van der Waals surface area (Å²) in [5, 5.41) is 0. The Balaban J connectivity index is 1.92. The zero-order valence-corrected chi connectivity index (χ0v) is 9.82. The highest BCUT2D eigenvalue weighted by Gasteiger charge is 2.45. The Morgan fingerprint density at radius 1 is 1.00 bits per heavy atom. The Hall–Kier alpha value is -0.850. The van der Waals surface area contributed by atoms with E-state index in [0.29, 0.717) is 23.5 Å². The highest BCUT2D eigenvalue weighted by Crippen LogP contribution is 2.48. The molecule has 3 atom stereocenters. The van der Waals surface area contributed by atoms with Gasteiger partial charge in [-0.05, 0) is 49.5 Å². The number of Topliss-reactive ketones (excluding diaryl/α,β-unsaturated/α-hetero) is 1. The summed E-state index contributed by atoms with van der Waals surface area (Å²) in [6.45, 7) is 0. The third-order valence-corrected chi connectivity index (χ3v) is 4.64. The lowest BCUT2D eigenvalue weighted by atomic mass is 9.76. The molecule has 0 aromatic heterocycles. The summed E-state index contributed by atoms with van der Waals surface area (Å²) in [7, 11) is 0. The molecule has 86 valence electrons. The molecule has 0 aromatic carbocycles. The number of fused-ring (bicyclic) bond motifs is 3. The number of carbonyl (C=O) groups is 1. The number of allylic oxidation sites excluding steroid dienone is 4. The maximum Gasteiger partial charge on any atom is 0.162 e. The van der Waals surface area contributed by atoms with Gasteiger partial charge in [0.2, 0.25) is 0 Å². The van der Waals surface area contributed by atoms with E-state index >= 15 is 0 Å². The van der Waals surface area contributed by atoms with Crippen molar-refractivity contribution in [3.8, 4) is 0 Å². The highest BCUT2D eigenvalue weighted by atomic mass is 16.1. The molecular weight excluding hydrogens is 196 g/mol. The Kier molecular flexibility index (Phi) is 2.70. The summed E-state index contributed by atoms with van der Waals surface area (Å²) in [6, 6.07) is 0. The van der Waals surface area contributed by atoms with Gasteiger partial charge in [0.15, 0.2) is 5.78 Å². The molecule has 0 spiro atoms. The van der Waals surface area contributed by atoms with Crippen LogP contribution in [0.2, 0.25) is 0 Å².